The normalized spacial score (nSPS) is 10.7. The number of amides is 1. The second-order valence-electron chi connectivity index (χ2n) is 4.52. The summed E-state index contributed by atoms with van der Waals surface area (Å²) in [4.78, 5) is 13.2. The molecule has 0 aromatic heterocycles. The average molecular weight is 325 g/mol. The number of nitrogens with one attached hydrogen (secondary N) is 2. The summed E-state index contributed by atoms with van der Waals surface area (Å²) < 4.78 is 0. The highest BCUT2D eigenvalue weighted by Gasteiger charge is 2.11. The lowest BCUT2D eigenvalue weighted by atomic mass is 10.2. The molecule has 2 aromatic rings. The van der Waals surface area contributed by atoms with Crippen molar-refractivity contribution in [2.24, 2.45) is 0 Å². The van der Waals surface area contributed by atoms with Gasteiger partial charge in [-0.05, 0) is 36.6 Å². The average Bonchev–Trinajstić information content (AvgIpc) is 2.57. The summed E-state index contributed by atoms with van der Waals surface area (Å²) in [6.07, 6.45) is 3.31. The first-order valence-electron chi connectivity index (χ1n) is 6.74. The molecule has 0 fully saturated rings. The molecule has 6 heteroatoms. The van der Waals surface area contributed by atoms with Crippen LogP contribution in [0.2, 0.25) is 0 Å². The maximum absolute atomic E-state index is 12.1. The van der Waals surface area contributed by atoms with Crippen LogP contribution in [0.4, 0.5) is 11.4 Å². The third kappa shape index (κ3) is 4.53. The molecule has 0 heterocycles. The van der Waals surface area contributed by atoms with Gasteiger partial charge < -0.3 is 15.7 Å². The molecule has 23 heavy (non-hydrogen) atoms. The number of anilines is 2. The topological polar surface area (TPSA) is 85.2 Å². The molecular weight excluding hydrogens is 310 g/mol. The zero-order chi connectivity index (χ0) is 16.7. The molecule has 0 saturated carbocycles. The summed E-state index contributed by atoms with van der Waals surface area (Å²) in [7, 11) is 0. The predicted molar refractivity (Wildman–Crippen MR) is 92.3 cm³/mol. The summed E-state index contributed by atoms with van der Waals surface area (Å²) in [5, 5.41) is 24.2. The molecule has 3 N–H and O–H groups in total. The van der Waals surface area contributed by atoms with E-state index in [1.54, 1.807) is 30.0 Å². The van der Waals surface area contributed by atoms with Gasteiger partial charge in [0, 0.05) is 16.8 Å². The van der Waals surface area contributed by atoms with Gasteiger partial charge in [0.2, 0.25) is 0 Å². The van der Waals surface area contributed by atoms with Crippen molar-refractivity contribution in [2.45, 2.75) is 4.90 Å². The van der Waals surface area contributed by atoms with Crippen LogP contribution in [0.15, 0.2) is 65.2 Å². The van der Waals surface area contributed by atoms with E-state index in [0.717, 1.165) is 10.6 Å². The van der Waals surface area contributed by atoms with Crippen LogP contribution in [0, 0.1) is 11.3 Å². The van der Waals surface area contributed by atoms with Crippen molar-refractivity contribution in [3.8, 4) is 11.8 Å². The van der Waals surface area contributed by atoms with Gasteiger partial charge in [-0.15, -0.1) is 11.8 Å². The Morgan fingerprint density at radius 2 is 2.04 bits per heavy atom. The van der Waals surface area contributed by atoms with Crippen LogP contribution in [-0.4, -0.2) is 17.3 Å². The number of carbonyl (C=O) groups is 1. The fourth-order valence-corrected chi connectivity index (χ4v) is 2.25. The number of hydrogen-bond donors (Lipinski definition) is 3. The molecule has 116 valence electrons. The zero-order valence-corrected chi connectivity index (χ0v) is 13.2. The van der Waals surface area contributed by atoms with Gasteiger partial charge in [-0.3, -0.25) is 4.79 Å². The van der Waals surface area contributed by atoms with Gasteiger partial charge in [0.15, 0.2) is 0 Å². The Morgan fingerprint density at radius 1 is 1.26 bits per heavy atom. The van der Waals surface area contributed by atoms with Crippen molar-refractivity contribution in [3.63, 3.8) is 0 Å². The summed E-state index contributed by atoms with van der Waals surface area (Å²) in [6, 6.07) is 15.8. The predicted octanol–water partition coefficient (Wildman–Crippen LogP) is 3.57. The van der Waals surface area contributed by atoms with E-state index in [1.807, 2.05) is 36.6 Å². The Kier molecular flexibility index (Phi) is 5.67. The lowest BCUT2D eigenvalue weighted by Gasteiger charge is -2.07. The molecule has 0 saturated heterocycles. The first-order chi connectivity index (χ1) is 11.1. The van der Waals surface area contributed by atoms with E-state index in [0.29, 0.717) is 0 Å². The largest absolute Gasteiger partial charge is 0.506 e. The molecule has 0 atom stereocenters. The second kappa shape index (κ2) is 7.92. The van der Waals surface area contributed by atoms with Crippen molar-refractivity contribution in [1.29, 1.82) is 5.26 Å². The van der Waals surface area contributed by atoms with Crippen LogP contribution in [0.5, 0.6) is 5.75 Å². The molecule has 1 amide bonds. The standard InChI is InChI=1S/C17H15N3O2S/c1-23-14-6-4-5-13(9-14)19-11-12(10-18)17(22)20-15-7-2-3-8-16(15)21/h2-9,11,19,21H,1H3,(H,20,22)/b12-11-. The lowest BCUT2D eigenvalue weighted by molar-refractivity contribution is -0.112. The van der Waals surface area contributed by atoms with Crippen molar-refractivity contribution >= 4 is 29.0 Å². The highest BCUT2D eigenvalue weighted by molar-refractivity contribution is 7.98. The molecule has 0 unspecified atom stereocenters. The highest BCUT2D eigenvalue weighted by atomic mass is 32.2. The van der Waals surface area contributed by atoms with Gasteiger partial charge in [-0.25, -0.2) is 0 Å². The molecule has 0 bridgehead atoms. The number of para-hydroxylation sites is 2. The van der Waals surface area contributed by atoms with Crippen LogP contribution >= 0.6 is 11.8 Å². The first kappa shape index (κ1) is 16.5. The molecule has 2 rings (SSSR count). The number of phenols is 1. The fourth-order valence-electron chi connectivity index (χ4n) is 1.79. The molecule has 0 radical (unpaired) electrons. The Hall–Kier alpha value is -2.91. The fraction of sp³-hybridized carbons (Fsp3) is 0.0588. The summed E-state index contributed by atoms with van der Waals surface area (Å²) in [6.45, 7) is 0. The van der Waals surface area contributed by atoms with Crippen LogP contribution in [0.25, 0.3) is 0 Å². The minimum absolute atomic E-state index is 0.0567. The summed E-state index contributed by atoms with van der Waals surface area (Å²) in [5.74, 6) is -0.652. The maximum Gasteiger partial charge on any atom is 0.267 e. The van der Waals surface area contributed by atoms with Gasteiger partial charge in [-0.2, -0.15) is 5.26 Å². The number of phenolic OH excluding ortho intramolecular Hbond substituents is 1. The van der Waals surface area contributed by atoms with E-state index in [1.165, 1.54) is 12.3 Å². The van der Waals surface area contributed by atoms with Crippen molar-refractivity contribution in [1.82, 2.24) is 0 Å². The monoisotopic (exact) mass is 325 g/mol. The Labute approximate surface area is 138 Å². The van der Waals surface area contributed by atoms with E-state index in [9.17, 15) is 9.90 Å². The summed E-state index contributed by atoms with van der Waals surface area (Å²) in [5.41, 5.74) is 0.936. The molecule has 0 aliphatic carbocycles. The molecule has 0 aliphatic rings. The van der Waals surface area contributed by atoms with Gasteiger partial charge >= 0.3 is 0 Å². The quantitative estimate of drug-likeness (QED) is 0.339. The van der Waals surface area contributed by atoms with Crippen LogP contribution in [0.1, 0.15) is 0 Å². The van der Waals surface area contributed by atoms with Gasteiger partial charge in [-0.1, -0.05) is 18.2 Å². The van der Waals surface area contributed by atoms with Crippen LogP contribution in [0.3, 0.4) is 0 Å². The number of aromatic hydroxyl groups is 1. The third-order valence-corrected chi connectivity index (χ3v) is 3.70. The van der Waals surface area contributed by atoms with Crippen molar-refractivity contribution in [3.05, 3.63) is 60.3 Å². The third-order valence-electron chi connectivity index (χ3n) is 2.97. The zero-order valence-electron chi connectivity index (χ0n) is 12.4. The van der Waals surface area contributed by atoms with Crippen molar-refractivity contribution in [2.75, 3.05) is 16.9 Å². The van der Waals surface area contributed by atoms with Crippen LogP contribution in [-0.2, 0) is 4.79 Å². The van der Waals surface area contributed by atoms with E-state index in [2.05, 4.69) is 10.6 Å². The maximum atomic E-state index is 12.1. The smallest absolute Gasteiger partial charge is 0.267 e. The first-order valence-corrected chi connectivity index (χ1v) is 7.96. The second-order valence-corrected chi connectivity index (χ2v) is 5.40. The molecule has 0 spiro atoms. The van der Waals surface area contributed by atoms with Gasteiger partial charge in [0.1, 0.15) is 17.4 Å². The number of carbonyl (C=O) groups excluding carboxylic acids is 1. The van der Waals surface area contributed by atoms with E-state index in [4.69, 9.17) is 5.26 Å². The minimum Gasteiger partial charge on any atom is -0.506 e. The number of thioether (sulfide) groups is 1. The molecule has 2 aromatic carbocycles. The number of nitrogens with zero attached hydrogens (tertiary/aromatic N) is 1. The van der Waals surface area contributed by atoms with Crippen molar-refractivity contribution < 1.29 is 9.90 Å². The molecular formula is C17H15N3O2S. The van der Waals surface area contributed by atoms with E-state index < -0.39 is 5.91 Å². The Morgan fingerprint density at radius 3 is 2.74 bits per heavy atom. The van der Waals surface area contributed by atoms with Crippen LogP contribution < -0.4 is 10.6 Å². The Balaban J connectivity index is 2.10. The highest BCUT2D eigenvalue weighted by Crippen LogP contribution is 2.22. The number of benzene rings is 2. The SMILES string of the molecule is CSc1cccc(N/C=C(/C#N)C(=O)Nc2ccccc2O)c1. The molecule has 5 nitrogen and oxygen atoms in total. The number of rotatable bonds is 5. The van der Waals surface area contributed by atoms with E-state index >= 15 is 0 Å². The minimum atomic E-state index is -0.595. The van der Waals surface area contributed by atoms with E-state index in [-0.39, 0.29) is 17.0 Å². The molecule has 0 aliphatic heterocycles. The van der Waals surface area contributed by atoms with Gasteiger partial charge in [0.25, 0.3) is 5.91 Å². The lowest BCUT2D eigenvalue weighted by Crippen LogP contribution is -2.14. The summed E-state index contributed by atoms with van der Waals surface area (Å²) >= 11 is 1.60. The Bertz CT molecular complexity index is 781. The van der Waals surface area contributed by atoms with Gasteiger partial charge in [0.05, 0.1) is 5.69 Å². The number of hydrogen-bond acceptors (Lipinski definition) is 5. The number of nitriles is 1.